The maximum absolute atomic E-state index is 11.7. The van der Waals surface area contributed by atoms with E-state index in [2.05, 4.69) is 15.6 Å². The Bertz CT molecular complexity index is 478. The third kappa shape index (κ3) is 2.56. The number of hydrogen-bond acceptors (Lipinski definition) is 6. The zero-order valence-electron chi connectivity index (χ0n) is 11.6. The Balaban J connectivity index is 1.71. The van der Waals surface area contributed by atoms with Gasteiger partial charge < -0.3 is 20.3 Å². The van der Waals surface area contributed by atoms with Crippen LogP contribution in [-0.4, -0.2) is 42.9 Å². The molecule has 3 heterocycles. The van der Waals surface area contributed by atoms with E-state index in [4.69, 9.17) is 4.74 Å². The van der Waals surface area contributed by atoms with Crippen LogP contribution in [0.15, 0.2) is 28.8 Å². The largest absolute Gasteiger partial charge is 0.461 e. The molecule has 2 N–H and O–H groups in total. The van der Waals surface area contributed by atoms with Crippen LogP contribution in [0.4, 0.5) is 0 Å². The van der Waals surface area contributed by atoms with Crippen LogP contribution in [0, 0.1) is 5.92 Å². The van der Waals surface area contributed by atoms with Crippen LogP contribution in [0.3, 0.4) is 0 Å². The lowest BCUT2D eigenvalue weighted by atomic mass is 9.94. The van der Waals surface area contributed by atoms with Gasteiger partial charge in [-0.25, -0.2) is 4.79 Å². The number of ether oxygens (including phenoxy) is 1. The van der Waals surface area contributed by atoms with Gasteiger partial charge in [-0.3, -0.25) is 4.99 Å². The summed E-state index contributed by atoms with van der Waals surface area (Å²) in [5.74, 6) is 0.195. The number of nitrogens with zero attached hydrogens (tertiary/aromatic N) is 2. The second-order valence-electron chi connectivity index (χ2n) is 5.16. The van der Waals surface area contributed by atoms with Gasteiger partial charge in [0, 0.05) is 24.5 Å². The number of hydrogen-bond donors (Lipinski definition) is 2. The number of esters is 1. The highest BCUT2D eigenvalue weighted by Crippen LogP contribution is 2.27. The van der Waals surface area contributed by atoms with Crippen molar-refractivity contribution < 1.29 is 9.53 Å². The normalized spacial score (nSPS) is 25.6. The summed E-state index contributed by atoms with van der Waals surface area (Å²) in [6.45, 7) is 4.27. The first kappa shape index (κ1) is 13.2. The summed E-state index contributed by atoms with van der Waals surface area (Å²) in [5.41, 5.74) is 1.59. The van der Waals surface area contributed by atoms with Gasteiger partial charge in [-0.15, -0.1) is 0 Å². The Hall–Kier alpha value is -1.82. The number of fused-ring (bicyclic) bond motifs is 1. The summed E-state index contributed by atoms with van der Waals surface area (Å²) in [6.07, 6.45) is 7.86. The number of rotatable bonds is 3. The van der Waals surface area contributed by atoms with Crippen molar-refractivity contribution in [3.8, 4) is 0 Å². The molecule has 0 amide bonds. The molecule has 3 aliphatic rings. The maximum atomic E-state index is 11.7. The monoisotopic (exact) mass is 276 g/mol. The molecule has 1 unspecified atom stereocenters. The lowest BCUT2D eigenvalue weighted by Crippen LogP contribution is -2.38. The molecule has 0 aromatic heterocycles. The summed E-state index contributed by atoms with van der Waals surface area (Å²) < 4.78 is 5.01. The van der Waals surface area contributed by atoms with E-state index in [1.54, 1.807) is 13.1 Å². The zero-order chi connectivity index (χ0) is 13.9. The van der Waals surface area contributed by atoms with E-state index in [1.807, 2.05) is 17.3 Å². The topological polar surface area (TPSA) is 66.0 Å². The predicted octanol–water partition coefficient (Wildman–Crippen LogP) is 0.548. The molecule has 108 valence electrons. The fourth-order valence-electron chi connectivity index (χ4n) is 2.72. The molecule has 0 radical (unpaired) electrons. The van der Waals surface area contributed by atoms with Crippen LogP contribution in [0.2, 0.25) is 0 Å². The summed E-state index contributed by atoms with van der Waals surface area (Å²) in [6, 6.07) is 0. The van der Waals surface area contributed by atoms with Crippen molar-refractivity contribution in [2.24, 2.45) is 10.9 Å². The SMILES string of the molecule is CCOC(=O)C1=CN2C=C(C3CCNCC3)N=CC2N1. The second kappa shape index (κ2) is 5.66. The van der Waals surface area contributed by atoms with Crippen LogP contribution in [0.25, 0.3) is 0 Å². The first-order valence-corrected chi connectivity index (χ1v) is 7.17. The summed E-state index contributed by atoms with van der Waals surface area (Å²) >= 11 is 0. The van der Waals surface area contributed by atoms with E-state index in [0.29, 0.717) is 18.2 Å². The summed E-state index contributed by atoms with van der Waals surface area (Å²) in [7, 11) is 0. The van der Waals surface area contributed by atoms with Crippen molar-refractivity contribution in [3.63, 3.8) is 0 Å². The molecule has 0 aliphatic carbocycles. The number of aliphatic imine (C=N–C) groups is 1. The lowest BCUT2D eigenvalue weighted by molar-refractivity contribution is -0.138. The van der Waals surface area contributed by atoms with Gasteiger partial charge in [0.1, 0.15) is 11.9 Å². The molecular formula is C14H20N4O2. The van der Waals surface area contributed by atoms with Gasteiger partial charge in [0.15, 0.2) is 0 Å². The van der Waals surface area contributed by atoms with Gasteiger partial charge in [0.05, 0.1) is 12.3 Å². The fraction of sp³-hybridized carbons (Fsp3) is 0.571. The van der Waals surface area contributed by atoms with Crippen molar-refractivity contribution in [1.29, 1.82) is 0 Å². The van der Waals surface area contributed by atoms with Crippen molar-refractivity contribution in [1.82, 2.24) is 15.5 Å². The quantitative estimate of drug-likeness (QED) is 0.737. The molecule has 0 aromatic rings. The number of carbonyl (C=O) groups excluding carboxylic acids is 1. The predicted molar refractivity (Wildman–Crippen MR) is 75.6 cm³/mol. The Kier molecular flexibility index (Phi) is 3.73. The number of allylic oxidation sites excluding steroid dienone is 1. The molecule has 3 aliphatic heterocycles. The third-order valence-electron chi connectivity index (χ3n) is 3.80. The van der Waals surface area contributed by atoms with Gasteiger partial charge >= 0.3 is 5.97 Å². The third-order valence-corrected chi connectivity index (χ3v) is 3.80. The molecule has 0 spiro atoms. The standard InChI is InChI=1S/C14H20N4O2/c1-2-20-14(19)12-9-18-8-11(16-7-13(18)17-12)10-3-5-15-6-4-10/h7-10,13,15,17H,2-6H2,1H3. The lowest BCUT2D eigenvalue weighted by Gasteiger charge is -2.28. The highest BCUT2D eigenvalue weighted by molar-refractivity contribution is 5.89. The van der Waals surface area contributed by atoms with E-state index in [1.165, 1.54) is 0 Å². The van der Waals surface area contributed by atoms with E-state index < -0.39 is 0 Å². The Labute approximate surface area is 118 Å². The molecule has 1 fully saturated rings. The molecule has 1 saturated heterocycles. The maximum Gasteiger partial charge on any atom is 0.355 e. The van der Waals surface area contributed by atoms with Crippen LogP contribution in [0.1, 0.15) is 19.8 Å². The van der Waals surface area contributed by atoms with Crippen molar-refractivity contribution in [2.45, 2.75) is 25.9 Å². The van der Waals surface area contributed by atoms with Crippen molar-refractivity contribution >= 4 is 12.2 Å². The molecule has 0 bridgehead atoms. The van der Waals surface area contributed by atoms with Gasteiger partial charge in [-0.2, -0.15) is 0 Å². The molecule has 20 heavy (non-hydrogen) atoms. The van der Waals surface area contributed by atoms with E-state index >= 15 is 0 Å². The first-order valence-electron chi connectivity index (χ1n) is 7.17. The molecular weight excluding hydrogens is 256 g/mol. The first-order chi connectivity index (χ1) is 9.78. The van der Waals surface area contributed by atoms with Gasteiger partial charge in [0.25, 0.3) is 0 Å². The average Bonchev–Trinajstić information content (AvgIpc) is 2.91. The van der Waals surface area contributed by atoms with Crippen molar-refractivity contribution in [2.75, 3.05) is 19.7 Å². The second-order valence-corrected chi connectivity index (χ2v) is 5.16. The smallest absolute Gasteiger partial charge is 0.355 e. The molecule has 0 saturated carbocycles. The number of piperidine rings is 1. The summed E-state index contributed by atoms with van der Waals surface area (Å²) in [4.78, 5) is 18.3. The zero-order valence-corrected chi connectivity index (χ0v) is 11.6. The molecule has 6 heteroatoms. The number of carbonyl (C=O) groups is 1. The Morgan fingerprint density at radius 3 is 3.00 bits per heavy atom. The summed E-state index contributed by atoms with van der Waals surface area (Å²) in [5, 5.41) is 6.47. The van der Waals surface area contributed by atoms with Crippen LogP contribution in [-0.2, 0) is 9.53 Å². The minimum atomic E-state index is -0.313. The Morgan fingerprint density at radius 1 is 1.45 bits per heavy atom. The number of nitrogens with one attached hydrogen (secondary N) is 2. The van der Waals surface area contributed by atoms with Crippen molar-refractivity contribution in [3.05, 3.63) is 23.8 Å². The highest BCUT2D eigenvalue weighted by Gasteiger charge is 2.29. The molecule has 6 nitrogen and oxygen atoms in total. The fourth-order valence-corrected chi connectivity index (χ4v) is 2.72. The average molecular weight is 276 g/mol. The Morgan fingerprint density at radius 2 is 2.25 bits per heavy atom. The van der Waals surface area contributed by atoms with E-state index in [-0.39, 0.29) is 12.1 Å². The van der Waals surface area contributed by atoms with Crippen LogP contribution in [0.5, 0.6) is 0 Å². The van der Waals surface area contributed by atoms with E-state index in [0.717, 1.165) is 31.6 Å². The van der Waals surface area contributed by atoms with E-state index in [9.17, 15) is 4.79 Å². The van der Waals surface area contributed by atoms with Gasteiger partial charge in [-0.1, -0.05) is 0 Å². The van der Waals surface area contributed by atoms with Gasteiger partial charge in [-0.05, 0) is 32.9 Å². The minimum absolute atomic E-state index is 0.0696. The molecule has 3 rings (SSSR count). The van der Waals surface area contributed by atoms with Crippen LogP contribution >= 0.6 is 0 Å². The highest BCUT2D eigenvalue weighted by atomic mass is 16.5. The molecule has 1 atom stereocenters. The van der Waals surface area contributed by atoms with Crippen LogP contribution < -0.4 is 10.6 Å². The minimum Gasteiger partial charge on any atom is -0.461 e. The van der Waals surface area contributed by atoms with Gasteiger partial charge in [0.2, 0.25) is 0 Å². The molecule has 0 aromatic carbocycles.